The topological polar surface area (TPSA) is 91.2 Å². The van der Waals surface area contributed by atoms with Crippen molar-refractivity contribution in [1.82, 2.24) is 16.3 Å². The molecule has 0 saturated carbocycles. The van der Waals surface area contributed by atoms with Gasteiger partial charge in [-0.1, -0.05) is 18.2 Å². The molecule has 0 fully saturated rings. The van der Waals surface area contributed by atoms with Gasteiger partial charge in [-0.05, 0) is 24.4 Å². The predicted octanol–water partition coefficient (Wildman–Crippen LogP) is 0.0609. The Kier molecular flexibility index (Phi) is 4.32. The Balaban J connectivity index is 2.34. The highest BCUT2D eigenvalue weighted by atomic mass is 32.1. The van der Waals surface area contributed by atoms with Gasteiger partial charge in [-0.3, -0.25) is 10.9 Å². The van der Waals surface area contributed by atoms with Gasteiger partial charge in [0.1, 0.15) is 0 Å². The minimum atomic E-state index is -0.577. The monoisotopic (exact) mass is 225 g/mol. The van der Waals surface area contributed by atoms with Gasteiger partial charge in [0.25, 0.3) is 0 Å². The summed E-state index contributed by atoms with van der Waals surface area (Å²) >= 11 is 4.90. The fourth-order valence-corrected chi connectivity index (χ4v) is 1.00. The number of urea groups is 1. The van der Waals surface area contributed by atoms with E-state index < -0.39 is 6.03 Å². The first-order valence-electron chi connectivity index (χ1n) is 4.11. The normalized spacial score (nSPS) is 8.87. The molecule has 0 bridgehead atoms. The number of para-hydroxylation sites is 1. The Morgan fingerprint density at radius 2 is 1.87 bits per heavy atom. The number of amides is 2. The second kappa shape index (κ2) is 5.78. The van der Waals surface area contributed by atoms with Gasteiger partial charge < -0.3 is 5.32 Å². The summed E-state index contributed by atoms with van der Waals surface area (Å²) in [6, 6.07) is 8.73. The van der Waals surface area contributed by atoms with Gasteiger partial charge in [0, 0.05) is 5.69 Å². The minimum Gasteiger partial charge on any atom is -0.331 e. The SMILES string of the molecule is NNC(=O)NNC(=S)Nc1ccccc1. The van der Waals surface area contributed by atoms with E-state index in [0.29, 0.717) is 0 Å². The highest BCUT2D eigenvalue weighted by Crippen LogP contribution is 2.03. The molecule has 7 heteroatoms. The Morgan fingerprint density at radius 1 is 1.20 bits per heavy atom. The largest absolute Gasteiger partial charge is 0.347 e. The highest BCUT2D eigenvalue weighted by Gasteiger charge is 1.98. The summed E-state index contributed by atoms with van der Waals surface area (Å²) in [7, 11) is 0. The van der Waals surface area contributed by atoms with Crippen molar-refractivity contribution in [2.75, 3.05) is 5.32 Å². The van der Waals surface area contributed by atoms with Crippen molar-refractivity contribution in [3.8, 4) is 0 Å². The number of anilines is 1. The maximum atomic E-state index is 10.7. The quantitative estimate of drug-likeness (QED) is 0.202. The third kappa shape index (κ3) is 4.25. The molecule has 0 saturated heterocycles. The number of nitrogens with two attached hydrogens (primary N) is 1. The van der Waals surface area contributed by atoms with E-state index >= 15 is 0 Å². The first-order valence-corrected chi connectivity index (χ1v) is 4.52. The van der Waals surface area contributed by atoms with Crippen LogP contribution in [0.1, 0.15) is 0 Å². The number of benzene rings is 1. The van der Waals surface area contributed by atoms with Crippen LogP contribution in [-0.2, 0) is 0 Å². The van der Waals surface area contributed by atoms with E-state index in [9.17, 15) is 4.79 Å². The summed E-state index contributed by atoms with van der Waals surface area (Å²) in [6.07, 6.45) is 0. The molecule has 1 aromatic rings. The van der Waals surface area contributed by atoms with Crippen LogP contribution in [0.25, 0.3) is 0 Å². The molecule has 1 aromatic carbocycles. The smallest absolute Gasteiger partial charge is 0.331 e. The number of hydrogen-bond donors (Lipinski definition) is 5. The third-order valence-corrected chi connectivity index (χ3v) is 1.66. The molecule has 0 spiro atoms. The minimum absolute atomic E-state index is 0.268. The van der Waals surface area contributed by atoms with Gasteiger partial charge >= 0.3 is 6.03 Å². The first-order chi connectivity index (χ1) is 7.22. The molecule has 6 N–H and O–H groups in total. The van der Waals surface area contributed by atoms with E-state index in [2.05, 4.69) is 16.2 Å². The van der Waals surface area contributed by atoms with E-state index in [4.69, 9.17) is 18.1 Å². The van der Waals surface area contributed by atoms with Crippen molar-refractivity contribution in [1.29, 1.82) is 0 Å². The van der Waals surface area contributed by atoms with Gasteiger partial charge in [-0.2, -0.15) is 0 Å². The average Bonchev–Trinajstić information content (AvgIpc) is 2.27. The van der Waals surface area contributed by atoms with E-state index in [0.717, 1.165) is 5.69 Å². The molecule has 0 atom stereocenters. The van der Waals surface area contributed by atoms with Crippen molar-refractivity contribution in [3.63, 3.8) is 0 Å². The number of rotatable bonds is 1. The number of carbonyl (C=O) groups is 1. The van der Waals surface area contributed by atoms with Crippen LogP contribution >= 0.6 is 12.2 Å². The first kappa shape index (κ1) is 11.2. The molecule has 80 valence electrons. The van der Waals surface area contributed by atoms with Gasteiger partial charge in [0.05, 0.1) is 0 Å². The fourth-order valence-electron chi connectivity index (χ4n) is 0.833. The molecule has 0 radical (unpaired) electrons. The van der Waals surface area contributed by atoms with E-state index in [-0.39, 0.29) is 5.11 Å². The third-order valence-electron chi connectivity index (χ3n) is 1.45. The maximum Gasteiger partial charge on any atom is 0.347 e. The molecule has 0 aromatic heterocycles. The van der Waals surface area contributed by atoms with E-state index in [1.54, 1.807) is 0 Å². The molecule has 0 aliphatic heterocycles. The lowest BCUT2D eigenvalue weighted by molar-refractivity contribution is 0.239. The lowest BCUT2D eigenvalue weighted by Crippen LogP contribution is -2.50. The second-order valence-electron chi connectivity index (χ2n) is 2.54. The number of hydrogen-bond acceptors (Lipinski definition) is 3. The van der Waals surface area contributed by atoms with Gasteiger partial charge in [-0.15, -0.1) is 0 Å². The lowest BCUT2D eigenvalue weighted by Gasteiger charge is -2.10. The maximum absolute atomic E-state index is 10.7. The van der Waals surface area contributed by atoms with Crippen molar-refractivity contribution in [2.24, 2.45) is 5.84 Å². The fraction of sp³-hybridized carbons (Fsp3) is 0. The van der Waals surface area contributed by atoms with Crippen molar-refractivity contribution < 1.29 is 4.79 Å². The summed E-state index contributed by atoms with van der Waals surface area (Å²) < 4.78 is 0. The Labute approximate surface area is 92.2 Å². The van der Waals surface area contributed by atoms with E-state index in [1.165, 1.54) is 0 Å². The highest BCUT2D eigenvalue weighted by molar-refractivity contribution is 7.80. The van der Waals surface area contributed by atoms with Crippen LogP contribution in [0.4, 0.5) is 10.5 Å². The molecular weight excluding hydrogens is 214 g/mol. The van der Waals surface area contributed by atoms with Gasteiger partial charge in [0.2, 0.25) is 0 Å². The number of nitrogens with one attached hydrogen (secondary N) is 4. The number of carbonyl (C=O) groups excluding carboxylic acids is 1. The molecule has 15 heavy (non-hydrogen) atoms. The zero-order valence-corrected chi connectivity index (χ0v) is 8.60. The Hall–Kier alpha value is -1.86. The zero-order chi connectivity index (χ0) is 11.1. The summed E-state index contributed by atoms with van der Waals surface area (Å²) in [4.78, 5) is 10.7. The van der Waals surface area contributed by atoms with Crippen LogP contribution in [0.15, 0.2) is 30.3 Å². The Bertz CT molecular complexity index is 342. The number of thiocarbonyl (C=S) groups is 1. The molecule has 2 amide bonds. The second-order valence-corrected chi connectivity index (χ2v) is 2.95. The van der Waals surface area contributed by atoms with Gasteiger partial charge in [-0.25, -0.2) is 16.1 Å². The van der Waals surface area contributed by atoms with Crippen LogP contribution in [0.2, 0.25) is 0 Å². The molecule has 0 aliphatic carbocycles. The van der Waals surface area contributed by atoms with Crippen LogP contribution in [0.3, 0.4) is 0 Å². The molecule has 0 unspecified atom stereocenters. The summed E-state index contributed by atoms with van der Waals surface area (Å²) in [5.41, 5.74) is 7.39. The number of hydrazine groups is 2. The molecular formula is C8H11N5OS. The van der Waals surface area contributed by atoms with Crippen molar-refractivity contribution in [3.05, 3.63) is 30.3 Å². The van der Waals surface area contributed by atoms with Crippen LogP contribution < -0.4 is 27.4 Å². The predicted molar refractivity (Wildman–Crippen MR) is 61.7 cm³/mol. The summed E-state index contributed by atoms with van der Waals surface area (Å²) in [6.45, 7) is 0. The van der Waals surface area contributed by atoms with Crippen molar-refractivity contribution in [2.45, 2.75) is 0 Å². The average molecular weight is 225 g/mol. The zero-order valence-electron chi connectivity index (χ0n) is 7.78. The van der Waals surface area contributed by atoms with Crippen molar-refractivity contribution >= 4 is 29.0 Å². The lowest BCUT2D eigenvalue weighted by atomic mass is 10.3. The molecule has 6 nitrogen and oxygen atoms in total. The Morgan fingerprint density at radius 3 is 2.47 bits per heavy atom. The molecule has 0 aliphatic rings. The van der Waals surface area contributed by atoms with Crippen LogP contribution in [0.5, 0.6) is 0 Å². The summed E-state index contributed by atoms with van der Waals surface area (Å²) in [5.74, 6) is 4.85. The van der Waals surface area contributed by atoms with Gasteiger partial charge in [0.15, 0.2) is 5.11 Å². The standard InChI is InChI=1S/C8H11N5OS/c9-11-7(14)12-13-8(15)10-6-4-2-1-3-5-6/h1-5H,9H2,(H2,10,13,15)(H2,11,12,14). The molecule has 1 rings (SSSR count). The van der Waals surface area contributed by atoms with E-state index in [1.807, 2.05) is 35.8 Å². The van der Waals surface area contributed by atoms with Crippen LogP contribution in [0, 0.1) is 0 Å². The molecule has 0 heterocycles. The van der Waals surface area contributed by atoms with Crippen LogP contribution in [-0.4, -0.2) is 11.1 Å². The summed E-state index contributed by atoms with van der Waals surface area (Å²) in [5, 5.41) is 3.13.